The minimum absolute atomic E-state index is 0.177. The van der Waals surface area contributed by atoms with E-state index in [4.69, 9.17) is 25.8 Å². The van der Waals surface area contributed by atoms with Gasteiger partial charge in [0.05, 0.1) is 25.4 Å². The molecule has 0 unspecified atom stereocenters. The Bertz CT molecular complexity index is 956. The van der Waals surface area contributed by atoms with E-state index in [9.17, 15) is 14.4 Å². The number of carbonyl (C=O) groups excluding carboxylic acids is 3. The third kappa shape index (κ3) is 6.70. The Balaban J connectivity index is 2.01. The molecule has 1 aromatic carbocycles. The van der Waals surface area contributed by atoms with E-state index >= 15 is 0 Å². The van der Waals surface area contributed by atoms with Crippen LogP contribution in [0.4, 0.5) is 5.00 Å². The highest BCUT2D eigenvalue weighted by molar-refractivity contribution is 7.18. The number of halogens is 1. The summed E-state index contributed by atoms with van der Waals surface area (Å²) in [7, 11) is 0. The van der Waals surface area contributed by atoms with Gasteiger partial charge in [0, 0.05) is 11.4 Å². The van der Waals surface area contributed by atoms with Crippen molar-refractivity contribution in [2.24, 2.45) is 0 Å². The van der Waals surface area contributed by atoms with Crippen molar-refractivity contribution in [3.8, 4) is 5.75 Å². The normalized spacial score (nSPS) is 10.5. The zero-order chi connectivity index (χ0) is 23.0. The predicted octanol–water partition coefficient (Wildman–Crippen LogP) is 5.17. The number of nitrogens with one attached hydrogen (secondary N) is 1. The second-order valence-electron chi connectivity index (χ2n) is 6.61. The Morgan fingerprint density at radius 3 is 2.39 bits per heavy atom. The lowest BCUT2D eigenvalue weighted by atomic mass is 10.1. The Morgan fingerprint density at radius 1 is 1.06 bits per heavy atom. The van der Waals surface area contributed by atoms with Gasteiger partial charge in [0.1, 0.15) is 15.6 Å². The first-order valence-electron chi connectivity index (χ1n) is 9.94. The molecule has 0 spiro atoms. The topological polar surface area (TPSA) is 90.9 Å². The Kier molecular flexibility index (Phi) is 9.33. The quantitative estimate of drug-likeness (QED) is 0.383. The molecule has 0 bridgehead atoms. The van der Waals surface area contributed by atoms with E-state index in [1.807, 2.05) is 13.0 Å². The third-order valence-electron chi connectivity index (χ3n) is 4.29. The van der Waals surface area contributed by atoms with E-state index < -0.39 is 11.9 Å². The van der Waals surface area contributed by atoms with Crippen molar-refractivity contribution < 1.29 is 28.6 Å². The molecule has 1 aromatic heterocycles. The summed E-state index contributed by atoms with van der Waals surface area (Å²) in [6.07, 6.45) is 0.651. The maximum Gasteiger partial charge on any atom is 0.348 e. The van der Waals surface area contributed by atoms with E-state index in [1.54, 1.807) is 32.9 Å². The largest absolute Gasteiger partial charge is 0.494 e. The van der Waals surface area contributed by atoms with Gasteiger partial charge in [-0.05, 0) is 63.4 Å². The number of anilines is 1. The molecule has 0 aliphatic rings. The van der Waals surface area contributed by atoms with Crippen molar-refractivity contribution >= 4 is 45.8 Å². The number of amides is 1. The summed E-state index contributed by atoms with van der Waals surface area (Å²) >= 11 is 7.00. The van der Waals surface area contributed by atoms with Crippen LogP contribution < -0.4 is 10.1 Å². The zero-order valence-electron chi connectivity index (χ0n) is 18.0. The average Bonchev–Trinajstić information content (AvgIpc) is 3.04. The summed E-state index contributed by atoms with van der Waals surface area (Å²) in [4.78, 5) is 37.3. The summed E-state index contributed by atoms with van der Waals surface area (Å²) in [5, 5.41) is 3.66. The number of carbonyl (C=O) groups is 3. The summed E-state index contributed by atoms with van der Waals surface area (Å²) in [6, 6.07) is 5.36. The van der Waals surface area contributed by atoms with Crippen LogP contribution in [0.15, 0.2) is 18.2 Å². The van der Waals surface area contributed by atoms with Gasteiger partial charge in [0.25, 0.3) is 0 Å². The predicted molar refractivity (Wildman–Crippen MR) is 121 cm³/mol. The minimum atomic E-state index is -0.594. The van der Waals surface area contributed by atoms with Crippen molar-refractivity contribution in [3.63, 3.8) is 0 Å². The molecule has 2 aromatic rings. The molecule has 1 heterocycles. The Morgan fingerprint density at radius 2 is 1.74 bits per heavy atom. The highest BCUT2D eigenvalue weighted by atomic mass is 35.5. The van der Waals surface area contributed by atoms with E-state index in [0.717, 1.165) is 16.9 Å². The SMILES string of the molecule is CCOC(=O)c1sc(NC(=O)CCCOc2ccc(Cl)c(C)c2)c(C(=O)OCC)c1C. The molecule has 0 atom stereocenters. The number of benzene rings is 1. The van der Waals surface area contributed by atoms with Gasteiger partial charge >= 0.3 is 11.9 Å². The van der Waals surface area contributed by atoms with Gasteiger partial charge < -0.3 is 19.5 Å². The smallest absolute Gasteiger partial charge is 0.348 e. The monoisotopic (exact) mass is 467 g/mol. The molecule has 0 aliphatic carbocycles. The minimum Gasteiger partial charge on any atom is -0.494 e. The lowest BCUT2D eigenvalue weighted by Crippen LogP contribution is -2.15. The average molecular weight is 468 g/mol. The molecular weight excluding hydrogens is 442 g/mol. The first kappa shape index (κ1) is 24.7. The maximum absolute atomic E-state index is 12.4. The molecule has 1 N–H and O–H groups in total. The van der Waals surface area contributed by atoms with Crippen molar-refractivity contribution in [3.05, 3.63) is 44.8 Å². The number of thiophene rings is 1. The highest BCUT2D eigenvalue weighted by Gasteiger charge is 2.27. The molecule has 168 valence electrons. The van der Waals surface area contributed by atoms with Gasteiger partial charge in [-0.15, -0.1) is 11.3 Å². The van der Waals surface area contributed by atoms with Crippen LogP contribution in [0.25, 0.3) is 0 Å². The fourth-order valence-corrected chi connectivity index (χ4v) is 3.98. The molecule has 9 heteroatoms. The fourth-order valence-electron chi connectivity index (χ4n) is 2.76. The lowest BCUT2D eigenvalue weighted by Gasteiger charge is -2.09. The van der Waals surface area contributed by atoms with Crippen LogP contribution in [0.1, 0.15) is 57.8 Å². The maximum atomic E-state index is 12.4. The fraction of sp³-hybridized carbons (Fsp3) is 0.409. The molecule has 0 fully saturated rings. The van der Waals surface area contributed by atoms with E-state index in [1.165, 1.54) is 0 Å². The number of hydrogen-bond acceptors (Lipinski definition) is 7. The summed E-state index contributed by atoms with van der Waals surface area (Å²) < 4.78 is 15.8. The van der Waals surface area contributed by atoms with Crippen LogP contribution >= 0.6 is 22.9 Å². The standard InChI is InChI=1S/C22H26ClNO6S/c1-5-28-21(26)18-14(4)19(22(27)29-6-2)31-20(18)24-17(25)8-7-11-30-15-9-10-16(23)13(3)12-15/h9-10,12H,5-8,11H2,1-4H3,(H,24,25). The Hall–Kier alpha value is -2.58. The van der Waals surface area contributed by atoms with Crippen molar-refractivity contribution in [2.45, 2.75) is 40.5 Å². The highest BCUT2D eigenvalue weighted by Crippen LogP contribution is 2.34. The molecule has 0 saturated carbocycles. The molecule has 0 aliphatic heterocycles. The number of rotatable bonds is 10. The van der Waals surface area contributed by atoms with Crippen LogP contribution in [0.3, 0.4) is 0 Å². The van der Waals surface area contributed by atoms with Crippen molar-refractivity contribution in [1.29, 1.82) is 0 Å². The van der Waals surface area contributed by atoms with Crippen LogP contribution in [0, 0.1) is 13.8 Å². The van der Waals surface area contributed by atoms with Gasteiger partial charge in [0.15, 0.2) is 0 Å². The lowest BCUT2D eigenvalue weighted by molar-refractivity contribution is -0.116. The number of esters is 2. The first-order valence-corrected chi connectivity index (χ1v) is 11.1. The van der Waals surface area contributed by atoms with E-state index in [-0.39, 0.29) is 41.0 Å². The second kappa shape index (κ2) is 11.7. The van der Waals surface area contributed by atoms with E-state index in [0.29, 0.717) is 29.4 Å². The second-order valence-corrected chi connectivity index (χ2v) is 8.04. The van der Waals surface area contributed by atoms with Gasteiger partial charge in [-0.1, -0.05) is 11.6 Å². The molecule has 0 radical (unpaired) electrons. The molecule has 31 heavy (non-hydrogen) atoms. The molecular formula is C22H26ClNO6S. The third-order valence-corrected chi connectivity index (χ3v) is 5.90. The van der Waals surface area contributed by atoms with Crippen LogP contribution in [-0.4, -0.2) is 37.7 Å². The van der Waals surface area contributed by atoms with Gasteiger partial charge in [-0.2, -0.15) is 0 Å². The van der Waals surface area contributed by atoms with Crippen LogP contribution in [0.2, 0.25) is 5.02 Å². The summed E-state index contributed by atoms with van der Waals surface area (Å²) in [5.74, 6) is -0.746. The molecule has 1 amide bonds. The van der Waals surface area contributed by atoms with Crippen molar-refractivity contribution in [1.82, 2.24) is 0 Å². The van der Waals surface area contributed by atoms with Gasteiger partial charge in [0.2, 0.25) is 5.91 Å². The van der Waals surface area contributed by atoms with Crippen molar-refractivity contribution in [2.75, 3.05) is 25.1 Å². The number of hydrogen-bond donors (Lipinski definition) is 1. The number of aryl methyl sites for hydroxylation is 1. The van der Waals surface area contributed by atoms with Gasteiger partial charge in [-0.3, -0.25) is 4.79 Å². The van der Waals surface area contributed by atoms with E-state index in [2.05, 4.69) is 5.32 Å². The summed E-state index contributed by atoms with van der Waals surface area (Å²) in [6.45, 7) is 7.63. The summed E-state index contributed by atoms with van der Waals surface area (Å²) in [5.41, 5.74) is 1.52. The number of ether oxygens (including phenoxy) is 3. The molecule has 0 saturated heterocycles. The zero-order valence-corrected chi connectivity index (χ0v) is 19.6. The Labute approximate surface area is 190 Å². The van der Waals surface area contributed by atoms with Gasteiger partial charge in [-0.25, -0.2) is 9.59 Å². The van der Waals surface area contributed by atoms with Crippen LogP contribution in [-0.2, 0) is 14.3 Å². The first-order chi connectivity index (χ1) is 14.8. The molecule has 2 rings (SSSR count). The molecule has 7 nitrogen and oxygen atoms in total. The van der Waals surface area contributed by atoms with Crippen LogP contribution in [0.5, 0.6) is 5.75 Å².